The van der Waals surface area contributed by atoms with Gasteiger partial charge >= 0.3 is 0 Å². The molecule has 3 nitrogen and oxygen atoms in total. The Labute approximate surface area is 104 Å². The van der Waals surface area contributed by atoms with E-state index in [2.05, 4.69) is 48.4 Å². The van der Waals surface area contributed by atoms with E-state index < -0.39 is 0 Å². The fourth-order valence-corrected chi connectivity index (χ4v) is 2.52. The van der Waals surface area contributed by atoms with Crippen LogP contribution in [0.5, 0.6) is 0 Å². The Kier molecular flexibility index (Phi) is 4.02. The second kappa shape index (κ2) is 5.52. The fourth-order valence-electron chi connectivity index (χ4n) is 2.52. The third-order valence-corrected chi connectivity index (χ3v) is 3.37. The summed E-state index contributed by atoms with van der Waals surface area (Å²) in [7, 11) is 0. The van der Waals surface area contributed by atoms with Crippen molar-refractivity contribution < 1.29 is 0 Å². The second-order valence-electron chi connectivity index (χ2n) is 4.98. The maximum Gasteiger partial charge on any atom is 0.0679 e. The van der Waals surface area contributed by atoms with E-state index in [1.165, 1.54) is 22.4 Å². The molecule has 1 aliphatic heterocycles. The van der Waals surface area contributed by atoms with Crippen molar-refractivity contribution in [2.24, 2.45) is 0 Å². The molecule has 0 bridgehead atoms. The van der Waals surface area contributed by atoms with Crippen LogP contribution in [0.15, 0.2) is 12.1 Å². The molecular formula is C14H23N3. The molecule has 1 fully saturated rings. The van der Waals surface area contributed by atoms with Crippen LogP contribution in [-0.2, 0) is 0 Å². The van der Waals surface area contributed by atoms with Crippen molar-refractivity contribution in [1.29, 1.82) is 0 Å². The molecule has 1 saturated heterocycles. The summed E-state index contributed by atoms with van der Waals surface area (Å²) in [6, 6.07) is 4.49. The van der Waals surface area contributed by atoms with Crippen LogP contribution in [0.3, 0.4) is 0 Å². The van der Waals surface area contributed by atoms with E-state index in [-0.39, 0.29) is 0 Å². The van der Waals surface area contributed by atoms with E-state index in [1.807, 2.05) is 0 Å². The topological polar surface area (TPSA) is 27.3 Å². The number of piperazine rings is 1. The maximum atomic E-state index is 3.58. The lowest BCUT2D eigenvalue weighted by Gasteiger charge is -2.28. The average molecular weight is 233 g/mol. The highest BCUT2D eigenvalue weighted by molar-refractivity contribution is 5.58. The van der Waals surface area contributed by atoms with Crippen LogP contribution in [0.25, 0.3) is 0 Å². The van der Waals surface area contributed by atoms with Gasteiger partial charge in [0.2, 0.25) is 0 Å². The number of hydrogen-bond acceptors (Lipinski definition) is 3. The maximum absolute atomic E-state index is 3.58. The molecule has 1 aromatic rings. The minimum absolute atomic E-state index is 0.951. The highest BCUT2D eigenvalue weighted by Gasteiger charge is 2.10. The van der Waals surface area contributed by atoms with Gasteiger partial charge in [0.25, 0.3) is 0 Å². The number of anilines is 1. The number of rotatable bonds is 3. The van der Waals surface area contributed by atoms with Crippen LogP contribution >= 0.6 is 0 Å². The number of benzene rings is 1. The van der Waals surface area contributed by atoms with Crippen LogP contribution in [0.1, 0.15) is 16.7 Å². The number of hydrogen-bond donors (Lipinski definition) is 2. The summed E-state index contributed by atoms with van der Waals surface area (Å²) in [5, 5.41) is 6.95. The van der Waals surface area contributed by atoms with Crippen LogP contribution in [-0.4, -0.2) is 37.7 Å². The van der Waals surface area contributed by atoms with E-state index in [0.717, 1.165) is 32.8 Å². The zero-order valence-corrected chi connectivity index (χ0v) is 11.1. The molecular weight excluding hydrogens is 210 g/mol. The summed E-state index contributed by atoms with van der Waals surface area (Å²) >= 11 is 0. The molecule has 2 rings (SSSR count). The molecule has 0 amide bonds. The fraction of sp³-hybridized carbons (Fsp3) is 0.571. The van der Waals surface area contributed by atoms with Crippen molar-refractivity contribution in [2.45, 2.75) is 20.8 Å². The Balaban J connectivity index is 1.98. The van der Waals surface area contributed by atoms with E-state index in [9.17, 15) is 0 Å². The van der Waals surface area contributed by atoms with Crippen molar-refractivity contribution in [3.63, 3.8) is 0 Å². The van der Waals surface area contributed by atoms with Gasteiger partial charge in [-0.3, -0.25) is 4.90 Å². The van der Waals surface area contributed by atoms with Crippen molar-refractivity contribution in [3.05, 3.63) is 28.8 Å². The molecule has 1 aliphatic rings. The molecule has 0 saturated carbocycles. The Morgan fingerprint density at radius 2 is 1.71 bits per heavy atom. The smallest absolute Gasteiger partial charge is 0.0679 e. The number of nitrogens with zero attached hydrogens (tertiary/aromatic N) is 1. The summed E-state index contributed by atoms with van der Waals surface area (Å²) in [5.74, 6) is 0. The van der Waals surface area contributed by atoms with Crippen molar-refractivity contribution in [3.8, 4) is 0 Å². The molecule has 0 aliphatic carbocycles. The molecule has 0 spiro atoms. The summed E-state index contributed by atoms with van der Waals surface area (Å²) in [4.78, 5) is 2.45. The van der Waals surface area contributed by atoms with Gasteiger partial charge in [-0.05, 0) is 31.9 Å². The van der Waals surface area contributed by atoms with Crippen molar-refractivity contribution >= 4 is 5.69 Å². The largest absolute Gasteiger partial charge is 0.372 e. The Hall–Kier alpha value is -1.06. The predicted molar refractivity (Wildman–Crippen MR) is 73.6 cm³/mol. The zero-order valence-electron chi connectivity index (χ0n) is 11.1. The lowest BCUT2D eigenvalue weighted by Crippen LogP contribution is -2.45. The first-order valence-electron chi connectivity index (χ1n) is 6.41. The average Bonchev–Trinajstić information content (AvgIpc) is 2.29. The van der Waals surface area contributed by atoms with Gasteiger partial charge in [0, 0.05) is 31.9 Å². The number of aryl methyl sites for hydroxylation is 3. The molecule has 0 unspecified atom stereocenters. The van der Waals surface area contributed by atoms with Gasteiger partial charge in [0.1, 0.15) is 0 Å². The van der Waals surface area contributed by atoms with Gasteiger partial charge in [-0.1, -0.05) is 17.7 Å². The molecule has 3 heteroatoms. The second-order valence-corrected chi connectivity index (χ2v) is 4.98. The molecule has 0 radical (unpaired) electrons. The number of nitrogens with one attached hydrogen (secondary N) is 2. The van der Waals surface area contributed by atoms with Crippen LogP contribution in [0.2, 0.25) is 0 Å². The lowest BCUT2D eigenvalue weighted by molar-refractivity contribution is 0.256. The Bertz CT molecular complexity index is 358. The zero-order chi connectivity index (χ0) is 12.3. The molecule has 1 heterocycles. The molecule has 0 atom stereocenters. The minimum atomic E-state index is 0.951. The summed E-state index contributed by atoms with van der Waals surface area (Å²) in [6.45, 7) is 11.9. The lowest BCUT2D eigenvalue weighted by atomic mass is 10.1. The van der Waals surface area contributed by atoms with Crippen LogP contribution in [0.4, 0.5) is 5.69 Å². The molecule has 1 aromatic carbocycles. The third-order valence-electron chi connectivity index (χ3n) is 3.37. The van der Waals surface area contributed by atoms with E-state index in [0.29, 0.717) is 0 Å². The van der Waals surface area contributed by atoms with Gasteiger partial charge in [-0.25, -0.2) is 0 Å². The van der Waals surface area contributed by atoms with E-state index in [1.54, 1.807) is 0 Å². The van der Waals surface area contributed by atoms with Crippen molar-refractivity contribution in [2.75, 3.05) is 38.2 Å². The first-order chi connectivity index (χ1) is 8.16. The molecule has 2 N–H and O–H groups in total. The molecule has 17 heavy (non-hydrogen) atoms. The quantitative estimate of drug-likeness (QED) is 0.835. The summed E-state index contributed by atoms with van der Waals surface area (Å²) in [6.07, 6.45) is 0. The summed E-state index contributed by atoms with van der Waals surface area (Å²) < 4.78 is 0. The van der Waals surface area contributed by atoms with E-state index >= 15 is 0 Å². The third kappa shape index (κ3) is 3.20. The predicted octanol–water partition coefficient (Wildman–Crippen LogP) is 1.89. The van der Waals surface area contributed by atoms with Gasteiger partial charge in [-0.2, -0.15) is 0 Å². The van der Waals surface area contributed by atoms with Gasteiger partial charge < -0.3 is 10.6 Å². The monoisotopic (exact) mass is 233 g/mol. The van der Waals surface area contributed by atoms with Gasteiger partial charge in [0.15, 0.2) is 0 Å². The minimum Gasteiger partial charge on any atom is -0.372 e. The van der Waals surface area contributed by atoms with Crippen molar-refractivity contribution in [1.82, 2.24) is 10.2 Å². The first kappa shape index (κ1) is 12.4. The van der Waals surface area contributed by atoms with Crippen LogP contribution < -0.4 is 10.6 Å². The normalized spacial score (nSPS) is 17.1. The molecule has 0 aromatic heterocycles. The highest BCUT2D eigenvalue weighted by atomic mass is 15.3. The van der Waals surface area contributed by atoms with E-state index in [4.69, 9.17) is 0 Å². The SMILES string of the molecule is Cc1cc(C)c(NCN2CCNCC2)c(C)c1. The van der Waals surface area contributed by atoms with Gasteiger partial charge in [0.05, 0.1) is 6.67 Å². The summed E-state index contributed by atoms with van der Waals surface area (Å²) in [5.41, 5.74) is 5.33. The van der Waals surface area contributed by atoms with Crippen LogP contribution in [0, 0.1) is 20.8 Å². The first-order valence-corrected chi connectivity index (χ1v) is 6.41. The Morgan fingerprint density at radius 3 is 2.29 bits per heavy atom. The highest BCUT2D eigenvalue weighted by Crippen LogP contribution is 2.21. The standard InChI is InChI=1S/C14H23N3/c1-11-8-12(2)14(13(3)9-11)16-10-17-6-4-15-5-7-17/h8-9,15-16H,4-7,10H2,1-3H3. The van der Waals surface area contributed by atoms with Gasteiger partial charge in [-0.15, -0.1) is 0 Å². The Morgan fingerprint density at radius 1 is 1.12 bits per heavy atom. The molecule has 94 valence electrons.